The highest BCUT2D eigenvalue weighted by atomic mass is 19.4. The van der Waals surface area contributed by atoms with Gasteiger partial charge in [-0.15, -0.1) is 0 Å². The van der Waals surface area contributed by atoms with Gasteiger partial charge in [-0.3, -0.25) is 4.90 Å². The number of piperazine rings is 1. The number of alkyl halides is 3. The van der Waals surface area contributed by atoms with Crippen LogP contribution in [0.15, 0.2) is 53.4 Å². The van der Waals surface area contributed by atoms with Gasteiger partial charge in [0.15, 0.2) is 0 Å². The molecule has 0 spiro atoms. The van der Waals surface area contributed by atoms with Gasteiger partial charge in [-0.2, -0.15) is 13.2 Å². The smallest absolute Gasteiger partial charge is 0.416 e. The van der Waals surface area contributed by atoms with E-state index in [1.807, 2.05) is 0 Å². The van der Waals surface area contributed by atoms with Crippen LogP contribution in [0.25, 0.3) is 11.5 Å². The van der Waals surface area contributed by atoms with E-state index in [1.165, 1.54) is 12.1 Å². The number of aromatic nitrogens is 3. The molecular weight excluding hydrogens is 371 g/mol. The summed E-state index contributed by atoms with van der Waals surface area (Å²) in [6.07, 6.45) is 0.659. The normalized spacial score (nSPS) is 15.8. The molecule has 0 amide bonds. The average molecular weight is 389 g/mol. The van der Waals surface area contributed by atoms with E-state index in [-0.39, 0.29) is 0 Å². The van der Waals surface area contributed by atoms with Gasteiger partial charge in [0.2, 0.25) is 11.8 Å². The molecule has 9 heteroatoms. The van der Waals surface area contributed by atoms with Gasteiger partial charge in [-0.05, 0) is 30.3 Å². The van der Waals surface area contributed by atoms with E-state index >= 15 is 0 Å². The Hall–Kier alpha value is -2.94. The first-order valence-electron chi connectivity index (χ1n) is 8.85. The Balaban J connectivity index is 1.35. The van der Waals surface area contributed by atoms with Crippen molar-refractivity contribution in [2.45, 2.75) is 12.7 Å². The Bertz CT molecular complexity index is 903. The van der Waals surface area contributed by atoms with Crippen LogP contribution >= 0.6 is 0 Å². The lowest BCUT2D eigenvalue weighted by atomic mass is 10.1. The third-order valence-electron chi connectivity index (χ3n) is 4.60. The molecule has 3 heterocycles. The maximum Gasteiger partial charge on any atom is 0.416 e. The molecule has 28 heavy (non-hydrogen) atoms. The number of hydrogen-bond donors (Lipinski definition) is 0. The highest BCUT2D eigenvalue weighted by Gasteiger charge is 2.30. The standard InChI is InChI=1S/C19H18F3N5O/c20-19(21,22)15-4-2-14(3-5-15)17-25-16(13-28-17)12-26-8-10-27(11-9-26)18-23-6-1-7-24-18/h1-7,13H,8-12H2. The van der Waals surface area contributed by atoms with Crippen molar-refractivity contribution >= 4 is 5.95 Å². The Morgan fingerprint density at radius 3 is 2.29 bits per heavy atom. The SMILES string of the molecule is FC(F)(F)c1ccc(-c2nc(CN3CCN(c4ncccn4)CC3)co2)cc1. The van der Waals surface area contributed by atoms with E-state index in [2.05, 4.69) is 24.8 Å². The zero-order valence-corrected chi connectivity index (χ0v) is 14.9. The molecule has 0 N–H and O–H groups in total. The number of nitrogens with zero attached hydrogens (tertiary/aromatic N) is 5. The average Bonchev–Trinajstić information content (AvgIpc) is 3.17. The lowest BCUT2D eigenvalue weighted by Crippen LogP contribution is -2.46. The monoisotopic (exact) mass is 389 g/mol. The Kier molecular flexibility index (Phi) is 4.99. The number of oxazole rings is 1. The van der Waals surface area contributed by atoms with E-state index in [0.29, 0.717) is 18.0 Å². The summed E-state index contributed by atoms with van der Waals surface area (Å²) in [5.41, 5.74) is 0.577. The van der Waals surface area contributed by atoms with Crippen LogP contribution in [-0.4, -0.2) is 46.0 Å². The predicted molar refractivity (Wildman–Crippen MR) is 96.5 cm³/mol. The zero-order valence-electron chi connectivity index (χ0n) is 14.9. The molecule has 4 rings (SSSR count). The molecule has 6 nitrogen and oxygen atoms in total. The Morgan fingerprint density at radius 1 is 0.964 bits per heavy atom. The van der Waals surface area contributed by atoms with E-state index in [1.54, 1.807) is 24.7 Å². The van der Waals surface area contributed by atoms with Crippen LogP contribution in [0.3, 0.4) is 0 Å². The highest BCUT2D eigenvalue weighted by Crippen LogP contribution is 2.30. The molecule has 0 radical (unpaired) electrons. The van der Waals surface area contributed by atoms with Crippen molar-refractivity contribution in [2.75, 3.05) is 31.1 Å². The Morgan fingerprint density at radius 2 is 1.64 bits per heavy atom. The molecule has 2 aromatic heterocycles. The first kappa shape index (κ1) is 18.4. The van der Waals surface area contributed by atoms with E-state index in [4.69, 9.17) is 4.42 Å². The van der Waals surface area contributed by atoms with Crippen molar-refractivity contribution in [3.8, 4) is 11.5 Å². The van der Waals surface area contributed by atoms with Gasteiger partial charge in [0.1, 0.15) is 6.26 Å². The summed E-state index contributed by atoms with van der Waals surface area (Å²) >= 11 is 0. The maximum absolute atomic E-state index is 12.7. The number of anilines is 1. The molecule has 1 aliphatic rings. The van der Waals surface area contributed by atoms with Gasteiger partial charge in [0, 0.05) is 50.7 Å². The summed E-state index contributed by atoms with van der Waals surface area (Å²) < 4.78 is 43.5. The van der Waals surface area contributed by atoms with Crippen LogP contribution in [0.5, 0.6) is 0 Å². The number of halogens is 3. The fourth-order valence-electron chi connectivity index (χ4n) is 3.10. The van der Waals surface area contributed by atoms with E-state index < -0.39 is 11.7 Å². The second kappa shape index (κ2) is 7.59. The van der Waals surface area contributed by atoms with Crippen molar-refractivity contribution < 1.29 is 17.6 Å². The summed E-state index contributed by atoms with van der Waals surface area (Å²) in [5.74, 6) is 1.05. The van der Waals surface area contributed by atoms with Crippen LogP contribution in [0.2, 0.25) is 0 Å². The minimum Gasteiger partial charge on any atom is -0.444 e. The van der Waals surface area contributed by atoms with Gasteiger partial charge >= 0.3 is 6.18 Å². The molecule has 3 aromatic rings. The molecule has 1 saturated heterocycles. The summed E-state index contributed by atoms with van der Waals surface area (Å²) in [6.45, 7) is 3.91. The fourth-order valence-corrected chi connectivity index (χ4v) is 3.10. The molecule has 0 bridgehead atoms. The first-order valence-corrected chi connectivity index (χ1v) is 8.85. The van der Waals surface area contributed by atoms with Gasteiger partial charge in [-0.1, -0.05) is 0 Å². The van der Waals surface area contributed by atoms with Crippen LogP contribution < -0.4 is 4.90 Å². The van der Waals surface area contributed by atoms with Crippen LogP contribution in [0.1, 0.15) is 11.3 Å². The van der Waals surface area contributed by atoms with Crippen molar-refractivity contribution in [3.05, 3.63) is 60.2 Å². The van der Waals surface area contributed by atoms with Crippen molar-refractivity contribution in [1.29, 1.82) is 0 Å². The predicted octanol–water partition coefficient (Wildman–Crippen LogP) is 3.47. The second-order valence-corrected chi connectivity index (χ2v) is 6.53. The second-order valence-electron chi connectivity index (χ2n) is 6.53. The quantitative estimate of drug-likeness (QED) is 0.681. The van der Waals surface area contributed by atoms with Crippen molar-refractivity contribution in [2.24, 2.45) is 0 Å². The molecule has 0 saturated carbocycles. The molecule has 1 aromatic carbocycles. The van der Waals surface area contributed by atoms with E-state index in [9.17, 15) is 13.2 Å². The van der Waals surface area contributed by atoms with Crippen LogP contribution in [0.4, 0.5) is 19.1 Å². The molecule has 1 aliphatic heterocycles. The van der Waals surface area contributed by atoms with Crippen LogP contribution in [-0.2, 0) is 12.7 Å². The molecule has 1 fully saturated rings. The lowest BCUT2D eigenvalue weighted by molar-refractivity contribution is -0.137. The van der Waals surface area contributed by atoms with Crippen molar-refractivity contribution in [1.82, 2.24) is 19.9 Å². The van der Waals surface area contributed by atoms with Gasteiger partial charge in [-0.25, -0.2) is 15.0 Å². The Labute approximate surface area is 159 Å². The highest BCUT2D eigenvalue weighted by molar-refractivity contribution is 5.54. The minimum absolute atomic E-state index is 0.319. The summed E-state index contributed by atoms with van der Waals surface area (Å²) in [4.78, 5) is 17.3. The molecule has 0 unspecified atom stereocenters. The summed E-state index contributed by atoms with van der Waals surface area (Å²) in [7, 11) is 0. The molecule has 0 aliphatic carbocycles. The van der Waals surface area contributed by atoms with Gasteiger partial charge < -0.3 is 9.32 Å². The van der Waals surface area contributed by atoms with Gasteiger partial charge in [0.05, 0.1) is 11.3 Å². The number of benzene rings is 1. The zero-order chi connectivity index (χ0) is 19.6. The number of hydrogen-bond acceptors (Lipinski definition) is 6. The van der Waals surface area contributed by atoms with Crippen LogP contribution in [0, 0.1) is 0 Å². The lowest BCUT2D eigenvalue weighted by Gasteiger charge is -2.34. The minimum atomic E-state index is -4.35. The third kappa shape index (κ3) is 4.14. The molecular formula is C19H18F3N5O. The van der Waals surface area contributed by atoms with Crippen molar-refractivity contribution in [3.63, 3.8) is 0 Å². The fraction of sp³-hybridized carbons (Fsp3) is 0.316. The largest absolute Gasteiger partial charge is 0.444 e. The first-order chi connectivity index (χ1) is 13.5. The molecule has 146 valence electrons. The van der Waals surface area contributed by atoms with E-state index in [0.717, 1.165) is 50.0 Å². The topological polar surface area (TPSA) is 58.3 Å². The number of rotatable bonds is 4. The third-order valence-corrected chi connectivity index (χ3v) is 4.60. The summed E-state index contributed by atoms with van der Waals surface area (Å²) in [5, 5.41) is 0. The van der Waals surface area contributed by atoms with Gasteiger partial charge in [0.25, 0.3) is 0 Å². The summed E-state index contributed by atoms with van der Waals surface area (Å²) in [6, 6.07) is 6.60. The maximum atomic E-state index is 12.7. The molecule has 0 atom stereocenters.